The fraction of sp³-hybridized carbons (Fsp3) is 0.619. The molecule has 2 fully saturated rings. The third-order valence-corrected chi connectivity index (χ3v) is 5.83. The second-order valence-corrected chi connectivity index (χ2v) is 8.72. The summed E-state index contributed by atoms with van der Waals surface area (Å²) < 4.78 is 6.17. The molecule has 1 N–H and O–H groups in total. The molecule has 2 amide bonds. The number of rotatable bonds is 4. The summed E-state index contributed by atoms with van der Waals surface area (Å²) in [6, 6.07) is 6.29. The first kappa shape index (κ1) is 20.2. The van der Waals surface area contributed by atoms with Gasteiger partial charge in [-0.1, -0.05) is 38.4 Å². The average Bonchev–Trinajstić information content (AvgIpc) is 3.00. The van der Waals surface area contributed by atoms with E-state index in [4.69, 9.17) is 16.3 Å². The van der Waals surface area contributed by atoms with Crippen molar-refractivity contribution in [1.82, 2.24) is 10.2 Å². The van der Waals surface area contributed by atoms with Crippen LogP contribution in [0.25, 0.3) is 0 Å². The number of nitrogens with zero attached hydrogens (tertiary/aromatic N) is 1. The van der Waals surface area contributed by atoms with Crippen LogP contribution in [0.5, 0.6) is 0 Å². The lowest BCUT2D eigenvalue weighted by atomic mass is 9.83. The van der Waals surface area contributed by atoms with Gasteiger partial charge in [0.15, 0.2) is 0 Å². The number of carbonyl (C=O) groups is 2. The number of amides is 2. The number of benzene rings is 1. The first-order chi connectivity index (χ1) is 12.8. The predicted octanol–water partition coefficient (Wildman–Crippen LogP) is 3.86. The quantitative estimate of drug-likeness (QED) is 0.846. The summed E-state index contributed by atoms with van der Waals surface area (Å²) in [7, 11) is 0. The van der Waals surface area contributed by atoms with E-state index in [1.807, 2.05) is 13.8 Å². The lowest BCUT2D eigenvalue weighted by molar-refractivity contribution is -0.128. The van der Waals surface area contributed by atoms with Gasteiger partial charge in [-0.25, -0.2) is 0 Å². The molecule has 1 aliphatic heterocycles. The predicted molar refractivity (Wildman–Crippen MR) is 106 cm³/mol. The Morgan fingerprint density at radius 1 is 1.33 bits per heavy atom. The maximum atomic E-state index is 13.4. The summed E-state index contributed by atoms with van der Waals surface area (Å²) in [6.45, 7) is 7.13. The Morgan fingerprint density at radius 3 is 2.67 bits per heavy atom. The molecule has 148 valence electrons. The summed E-state index contributed by atoms with van der Waals surface area (Å²) in [6.07, 6.45) is 3.49. The van der Waals surface area contributed by atoms with Gasteiger partial charge in [-0.15, -0.1) is 0 Å². The van der Waals surface area contributed by atoms with Crippen molar-refractivity contribution >= 4 is 23.4 Å². The molecular weight excluding hydrogens is 364 g/mol. The lowest BCUT2D eigenvalue weighted by Crippen LogP contribution is -2.57. The normalized spacial score (nSPS) is 28.0. The van der Waals surface area contributed by atoms with Crippen LogP contribution in [0.15, 0.2) is 24.3 Å². The van der Waals surface area contributed by atoms with Crippen molar-refractivity contribution in [2.75, 3.05) is 13.2 Å². The maximum Gasteiger partial charge on any atom is 0.256 e. The summed E-state index contributed by atoms with van der Waals surface area (Å²) in [5, 5.41) is 3.47. The summed E-state index contributed by atoms with van der Waals surface area (Å²) in [5.41, 5.74) is -0.196. The molecule has 3 rings (SSSR count). The van der Waals surface area contributed by atoms with Gasteiger partial charge >= 0.3 is 0 Å². The standard InChI is InChI=1S/C21H29ClN2O3/c1-14(2)12-23-19(25)18-13-27-21(9-7-15(3)8-10-21)24(18)20(26)16-5-4-6-17(22)11-16/h4-6,11,14-15,18H,7-10,12-13H2,1-3H3,(H,23,25). The van der Waals surface area contributed by atoms with Crippen molar-refractivity contribution in [2.24, 2.45) is 11.8 Å². The lowest BCUT2D eigenvalue weighted by Gasteiger charge is -2.43. The van der Waals surface area contributed by atoms with Gasteiger partial charge in [-0.3, -0.25) is 14.5 Å². The maximum absolute atomic E-state index is 13.4. The molecule has 6 heteroatoms. The number of hydrogen-bond donors (Lipinski definition) is 1. The van der Waals surface area contributed by atoms with E-state index in [1.54, 1.807) is 29.2 Å². The summed E-state index contributed by atoms with van der Waals surface area (Å²) >= 11 is 6.09. The molecule has 0 radical (unpaired) electrons. The molecule has 1 unspecified atom stereocenters. The molecule has 2 aliphatic rings. The molecule has 1 aromatic carbocycles. The molecule has 5 nitrogen and oxygen atoms in total. The molecule has 1 aliphatic carbocycles. The Kier molecular flexibility index (Phi) is 6.11. The van der Waals surface area contributed by atoms with Crippen molar-refractivity contribution in [3.63, 3.8) is 0 Å². The molecule has 27 heavy (non-hydrogen) atoms. The topological polar surface area (TPSA) is 58.6 Å². The van der Waals surface area contributed by atoms with Crippen molar-refractivity contribution in [3.05, 3.63) is 34.9 Å². The van der Waals surface area contributed by atoms with Crippen LogP contribution >= 0.6 is 11.6 Å². The fourth-order valence-electron chi connectivity index (χ4n) is 3.96. The van der Waals surface area contributed by atoms with Gasteiger partial charge in [0, 0.05) is 17.1 Å². The van der Waals surface area contributed by atoms with Crippen LogP contribution in [-0.4, -0.2) is 41.6 Å². The second kappa shape index (κ2) is 8.19. The van der Waals surface area contributed by atoms with Gasteiger partial charge in [0.2, 0.25) is 5.91 Å². The highest BCUT2D eigenvalue weighted by Crippen LogP contribution is 2.43. The van der Waals surface area contributed by atoms with Crippen LogP contribution in [0, 0.1) is 11.8 Å². The molecule has 1 saturated heterocycles. The smallest absolute Gasteiger partial charge is 0.256 e. The Hall–Kier alpha value is -1.59. The van der Waals surface area contributed by atoms with Crippen LogP contribution in [0.4, 0.5) is 0 Å². The van der Waals surface area contributed by atoms with E-state index in [0.717, 1.165) is 25.7 Å². The van der Waals surface area contributed by atoms with Crippen LogP contribution < -0.4 is 5.32 Å². The van der Waals surface area contributed by atoms with Gasteiger partial charge in [0.25, 0.3) is 5.91 Å². The Bertz CT molecular complexity index is 698. The number of hydrogen-bond acceptors (Lipinski definition) is 3. The second-order valence-electron chi connectivity index (χ2n) is 8.28. The minimum absolute atomic E-state index is 0.144. The third kappa shape index (κ3) is 4.30. The fourth-order valence-corrected chi connectivity index (χ4v) is 4.15. The third-order valence-electron chi connectivity index (χ3n) is 5.59. The monoisotopic (exact) mass is 392 g/mol. The molecule has 1 spiro atoms. The number of nitrogens with one attached hydrogen (secondary N) is 1. The molecule has 1 atom stereocenters. The van der Waals surface area contributed by atoms with Crippen LogP contribution in [0.3, 0.4) is 0 Å². The van der Waals surface area contributed by atoms with Gasteiger partial charge < -0.3 is 10.1 Å². The Morgan fingerprint density at radius 2 is 2.04 bits per heavy atom. The first-order valence-electron chi connectivity index (χ1n) is 9.83. The number of carbonyl (C=O) groups excluding carboxylic acids is 2. The van der Waals surface area contributed by atoms with Crippen molar-refractivity contribution in [2.45, 2.75) is 58.2 Å². The first-order valence-corrected chi connectivity index (χ1v) is 10.2. The van der Waals surface area contributed by atoms with Crippen molar-refractivity contribution < 1.29 is 14.3 Å². The molecule has 0 aromatic heterocycles. The van der Waals surface area contributed by atoms with Gasteiger partial charge in [-0.05, 0) is 55.7 Å². The van der Waals surface area contributed by atoms with Crippen molar-refractivity contribution in [1.29, 1.82) is 0 Å². The molecular formula is C21H29ClN2O3. The highest BCUT2D eigenvalue weighted by molar-refractivity contribution is 6.31. The average molecular weight is 393 g/mol. The highest BCUT2D eigenvalue weighted by atomic mass is 35.5. The zero-order chi connectivity index (χ0) is 19.6. The molecule has 1 aromatic rings. The van der Waals surface area contributed by atoms with E-state index in [1.165, 1.54) is 0 Å². The van der Waals surface area contributed by atoms with Crippen LogP contribution in [-0.2, 0) is 9.53 Å². The van der Waals surface area contributed by atoms with E-state index in [2.05, 4.69) is 12.2 Å². The van der Waals surface area contributed by atoms with Crippen molar-refractivity contribution in [3.8, 4) is 0 Å². The highest BCUT2D eigenvalue weighted by Gasteiger charge is 2.53. The zero-order valence-electron chi connectivity index (χ0n) is 16.3. The Labute approximate surface area is 166 Å². The largest absolute Gasteiger partial charge is 0.354 e. The van der Waals surface area contributed by atoms with E-state index in [0.29, 0.717) is 29.0 Å². The molecule has 1 saturated carbocycles. The van der Waals surface area contributed by atoms with Gasteiger partial charge in [0.1, 0.15) is 11.8 Å². The van der Waals surface area contributed by atoms with Crippen LogP contribution in [0.1, 0.15) is 56.8 Å². The minimum atomic E-state index is -0.689. The van der Waals surface area contributed by atoms with E-state index in [-0.39, 0.29) is 18.4 Å². The van der Waals surface area contributed by atoms with Gasteiger partial charge in [0.05, 0.1) is 6.61 Å². The zero-order valence-corrected chi connectivity index (χ0v) is 17.1. The minimum Gasteiger partial charge on any atom is -0.354 e. The Balaban J connectivity index is 1.90. The SMILES string of the molecule is CC(C)CNC(=O)C1COC2(CCC(C)CC2)N1C(=O)c1cccc(Cl)c1. The van der Waals surface area contributed by atoms with Gasteiger partial charge in [-0.2, -0.15) is 0 Å². The van der Waals surface area contributed by atoms with Crippen LogP contribution in [0.2, 0.25) is 5.02 Å². The van der Waals surface area contributed by atoms with E-state index >= 15 is 0 Å². The molecule has 1 heterocycles. The number of halogens is 1. The molecule has 0 bridgehead atoms. The van der Waals surface area contributed by atoms with E-state index in [9.17, 15) is 9.59 Å². The van der Waals surface area contributed by atoms with E-state index < -0.39 is 11.8 Å². The summed E-state index contributed by atoms with van der Waals surface area (Å²) in [5.74, 6) is 0.623. The number of ether oxygens (including phenoxy) is 1. The summed E-state index contributed by atoms with van der Waals surface area (Å²) in [4.78, 5) is 28.0.